The number of hydrogen-bond donors (Lipinski definition) is 0. The van der Waals surface area contributed by atoms with E-state index in [0.717, 1.165) is 0 Å². The minimum absolute atomic E-state index is 0.00403. The summed E-state index contributed by atoms with van der Waals surface area (Å²) in [6, 6.07) is 5.77. The molecule has 0 aliphatic carbocycles. The van der Waals surface area contributed by atoms with Crippen LogP contribution in [0.2, 0.25) is 0 Å². The Bertz CT molecular complexity index is 449. The van der Waals surface area contributed by atoms with Crippen LogP contribution in [0, 0.1) is 11.3 Å². The minimum Gasteiger partial charge on any atom is -0.484 e. The lowest BCUT2D eigenvalue weighted by molar-refractivity contribution is -0.153. The number of benzene rings is 1. The highest BCUT2D eigenvalue weighted by atomic mass is 19.4. The summed E-state index contributed by atoms with van der Waals surface area (Å²) < 4.78 is 40.3. The maximum absolute atomic E-state index is 11.9. The lowest BCUT2D eigenvalue weighted by Gasteiger charge is -2.10. The Labute approximate surface area is 95.4 Å². The third kappa shape index (κ3) is 4.55. The summed E-state index contributed by atoms with van der Waals surface area (Å²) in [4.78, 5) is 10.6. The Morgan fingerprint density at radius 2 is 2.06 bits per heavy atom. The molecule has 17 heavy (non-hydrogen) atoms. The molecular weight excluding hydrogens is 235 g/mol. The number of nitrogens with zero attached hydrogens (tertiary/aromatic N) is 1. The molecule has 0 atom stereocenters. The van der Waals surface area contributed by atoms with Crippen LogP contribution in [-0.4, -0.2) is 19.1 Å². The van der Waals surface area contributed by atoms with E-state index in [1.54, 1.807) is 0 Å². The van der Waals surface area contributed by atoms with Gasteiger partial charge >= 0.3 is 6.18 Å². The second kappa shape index (κ2) is 5.34. The molecule has 1 rings (SSSR count). The van der Waals surface area contributed by atoms with Crippen LogP contribution in [0.25, 0.3) is 0 Å². The van der Waals surface area contributed by atoms with Crippen LogP contribution in [0.15, 0.2) is 18.2 Å². The van der Waals surface area contributed by atoms with E-state index in [-0.39, 0.29) is 17.7 Å². The molecule has 0 aliphatic heterocycles. The number of aldehydes is 1. The number of ether oxygens (including phenoxy) is 1. The van der Waals surface area contributed by atoms with E-state index in [1.165, 1.54) is 18.2 Å². The standard InChI is InChI=1S/C11H8F3NO2/c12-11(13,14)7-17-10-4-8(1-2-15)3-9(5-10)6-16/h3-6H,1,7H2. The minimum atomic E-state index is -4.44. The number of rotatable bonds is 4. The average molecular weight is 243 g/mol. The van der Waals surface area contributed by atoms with Gasteiger partial charge in [0.25, 0.3) is 0 Å². The molecule has 0 saturated carbocycles. The first-order chi connectivity index (χ1) is 7.94. The van der Waals surface area contributed by atoms with Gasteiger partial charge in [0.1, 0.15) is 12.0 Å². The Morgan fingerprint density at radius 1 is 1.35 bits per heavy atom. The fourth-order valence-electron chi connectivity index (χ4n) is 1.20. The van der Waals surface area contributed by atoms with E-state index in [2.05, 4.69) is 4.74 Å². The molecule has 90 valence electrons. The van der Waals surface area contributed by atoms with Crippen molar-refractivity contribution in [1.82, 2.24) is 0 Å². The van der Waals surface area contributed by atoms with Gasteiger partial charge in [0, 0.05) is 5.56 Å². The molecule has 0 saturated heterocycles. The van der Waals surface area contributed by atoms with Crippen molar-refractivity contribution >= 4 is 6.29 Å². The van der Waals surface area contributed by atoms with Gasteiger partial charge in [0.15, 0.2) is 6.61 Å². The Morgan fingerprint density at radius 3 is 2.59 bits per heavy atom. The van der Waals surface area contributed by atoms with Gasteiger partial charge < -0.3 is 4.74 Å². The highest BCUT2D eigenvalue weighted by Gasteiger charge is 2.28. The van der Waals surface area contributed by atoms with Gasteiger partial charge in [-0.15, -0.1) is 0 Å². The van der Waals surface area contributed by atoms with Crippen LogP contribution in [-0.2, 0) is 6.42 Å². The molecule has 6 heteroatoms. The molecule has 0 bridgehead atoms. The van der Waals surface area contributed by atoms with E-state index < -0.39 is 12.8 Å². The van der Waals surface area contributed by atoms with Crippen molar-refractivity contribution in [3.8, 4) is 11.8 Å². The summed E-state index contributed by atoms with van der Waals surface area (Å²) in [5.74, 6) is -0.0721. The molecule has 0 fully saturated rings. The van der Waals surface area contributed by atoms with Crippen LogP contribution < -0.4 is 4.74 Å². The summed E-state index contributed by atoms with van der Waals surface area (Å²) in [6.45, 7) is -1.43. The van der Waals surface area contributed by atoms with Gasteiger partial charge in [-0.25, -0.2) is 0 Å². The number of hydrogen-bond acceptors (Lipinski definition) is 3. The molecule has 0 N–H and O–H groups in total. The largest absolute Gasteiger partial charge is 0.484 e. The summed E-state index contributed by atoms with van der Waals surface area (Å²) in [5.41, 5.74) is 0.615. The third-order valence-corrected chi connectivity index (χ3v) is 1.81. The molecule has 0 radical (unpaired) electrons. The zero-order chi connectivity index (χ0) is 12.9. The first-order valence-corrected chi connectivity index (χ1v) is 4.60. The topological polar surface area (TPSA) is 50.1 Å². The fourth-order valence-corrected chi connectivity index (χ4v) is 1.20. The van der Waals surface area contributed by atoms with Crippen LogP contribution >= 0.6 is 0 Å². The first-order valence-electron chi connectivity index (χ1n) is 4.60. The van der Waals surface area contributed by atoms with E-state index in [1.807, 2.05) is 6.07 Å². The summed E-state index contributed by atoms with van der Waals surface area (Å²) in [6.07, 6.45) is -3.95. The highest BCUT2D eigenvalue weighted by molar-refractivity contribution is 5.76. The van der Waals surface area contributed by atoms with Gasteiger partial charge in [-0.1, -0.05) is 0 Å². The predicted octanol–water partition coefficient (Wildman–Crippen LogP) is 2.51. The molecule has 0 amide bonds. The van der Waals surface area contributed by atoms with E-state index in [4.69, 9.17) is 5.26 Å². The number of nitriles is 1. The van der Waals surface area contributed by atoms with E-state index in [0.29, 0.717) is 11.8 Å². The van der Waals surface area contributed by atoms with Crippen molar-refractivity contribution in [2.75, 3.05) is 6.61 Å². The van der Waals surface area contributed by atoms with Gasteiger partial charge in [0.2, 0.25) is 0 Å². The maximum atomic E-state index is 11.9. The quantitative estimate of drug-likeness (QED) is 0.763. The Kier molecular flexibility index (Phi) is 4.10. The molecule has 0 spiro atoms. The Hall–Kier alpha value is -2.03. The number of alkyl halides is 3. The average Bonchev–Trinajstić information content (AvgIpc) is 2.25. The normalized spacial score (nSPS) is 10.7. The molecule has 0 aliphatic rings. The van der Waals surface area contributed by atoms with E-state index in [9.17, 15) is 18.0 Å². The lowest BCUT2D eigenvalue weighted by Crippen LogP contribution is -2.19. The molecule has 0 heterocycles. The van der Waals surface area contributed by atoms with Gasteiger partial charge in [0.05, 0.1) is 12.5 Å². The van der Waals surface area contributed by atoms with Crippen molar-refractivity contribution in [2.45, 2.75) is 12.6 Å². The summed E-state index contributed by atoms with van der Waals surface area (Å²) in [7, 11) is 0. The SMILES string of the molecule is N#CCc1cc(C=O)cc(OCC(F)(F)F)c1. The van der Waals surface area contributed by atoms with Gasteiger partial charge in [-0.3, -0.25) is 4.79 Å². The maximum Gasteiger partial charge on any atom is 0.422 e. The highest BCUT2D eigenvalue weighted by Crippen LogP contribution is 2.21. The van der Waals surface area contributed by atoms with Crippen molar-refractivity contribution in [2.24, 2.45) is 0 Å². The predicted molar refractivity (Wildman–Crippen MR) is 52.7 cm³/mol. The number of carbonyl (C=O) groups excluding carboxylic acids is 1. The smallest absolute Gasteiger partial charge is 0.422 e. The van der Waals surface area contributed by atoms with Crippen LogP contribution in [0.5, 0.6) is 5.75 Å². The molecule has 3 nitrogen and oxygen atoms in total. The first kappa shape index (κ1) is 13.0. The van der Waals surface area contributed by atoms with Crippen molar-refractivity contribution in [1.29, 1.82) is 5.26 Å². The molecule has 0 aromatic heterocycles. The van der Waals surface area contributed by atoms with Crippen LogP contribution in [0.4, 0.5) is 13.2 Å². The lowest BCUT2D eigenvalue weighted by atomic mass is 10.1. The monoisotopic (exact) mass is 243 g/mol. The van der Waals surface area contributed by atoms with Crippen LogP contribution in [0.3, 0.4) is 0 Å². The van der Waals surface area contributed by atoms with Gasteiger partial charge in [-0.05, 0) is 23.8 Å². The molecular formula is C11H8F3NO2. The number of halogens is 3. The summed E-state index contributed by atoms with van der Waals surface area (Å²) in [5, 5.41) is 8.47. The second-order valence-electron chi connectivity index (χ2n) is 3.27. The third-order valence-electron chi connectivity index (χ3n) is 1.81. The number of carbonyl (C=O) groups is 1. The van der Waals surface area contributed by atoms with Crippen molar-refractivity contribution < 1.29 is 22.7 Å². The van der Waals surface area contributed by atoms with Crippen LogP contribution in [0.1, 0.15) is 15.9 Å². The molecule has 1 aromatic rings. The zero-order valence-corrected chi connectivity index (χ0v) is 8.62. The Balaban J connectivity index is 2.88. The van der Waals surface area contributed by atoms with Gasteiger partial charge in [-0.2, -0.15) is 18.4 Å². The zero-order valence-electron chi connectivity index (χ0n) is 8.62. The molecule has 0 unspecified atom stereocenters. The summed E-state index contributed by atoms with van der Waals surface area (Å²) >= 11 is 0. The molecule has 1 aromatic carbocycles. The second-order valence-corrected chi connectivity index (χ2v) is 3.27. The van der Waals surface area contributed by atoms with E-state index >= 15 is 0 Å². The van der Waals surface area contributed by atoms with Crippen molar-refractivity contribution in [3.63, 3.8) is 0 Å². The van der Waals surface area contributed by atoms with Crippen molar-refractivity contribution in [3.05, 3.63) is 29.3 Å². The fraction of sp³-hybridized carbons (Fsp3) is 0.273.